The van der Waals surface area contributed by atoms with Gasteiger partial charge >= 0.3 is 0 Å². The van der Waals surface area contributed by atoms with Crippen LogP contribution in [0.5, 0.6) is 11.5 Å². The lowest BCUT2D eigenvalue weighted by Crippen LogP contribution is -2.15. The molecular formula is C11H17NO3. The first-order chi connectivity index (χ1) is 7.27. The number of rotatable bonds is 6. The van der Waals surface area contributed by atoms with E-state index in [0.29, 0.717) is 12.3 Å². The lowest BCUT2D eigenvalue weighted by molar-refractivity contribution is 0.286. The average molecular weight is 211 g/mol. The summed E-state index contributed by atoms with van der Waals surface area (Å²) in [4.78, 5) is 0. The molecule has 15 heavy (non-hydrogen) atoms. The molecule has 3 N–H and O–H groups in total. The number of aromatic hydroxyl groups is 1. The predicted molar refractivity (Wildman–Crippen MR) is 58.1 cm³/mol. The lowest BCUT2D eigenvalue weighted by atomic mass is 10.2. The Kier molecular flexibility index (Phi) is 4.93. The molecule has 0 aliphatic rings. The maximum absolute atomic E-state index is 9.50. The largest absolute Gasteiger partial charge is 0.504 e. The minimum absolute atomic E-state index is 0.152. The number of nitrogens with one attached hydrogen (secondary N) is 1. The Hall–Kier alpha value is -1.26. The van der Waals surface area contributed by atoms with Crippen molar-refractivity contribution in [1.29, 1.82) is 0 Å². The Morgan fingerprint density at radius 2 is 2.20 bits per heavy atom. The van der Waals surface area contributed by atoms with Crippen molar-refractivity contribution in [2.75, 3.05) is 20.3 Å². The molecule has 0 saturated heterocycles. The molecule has 0 amide bonds. The van der Waals surface area contributed by atoms with E-state index in [4.69, 9.17) is 9.84 Å². The summed E-state index contributed by atoms with van der Waals surface area (Å²) in [5, 5.41) is 21.2. The smallest absolute Gasteiger partial charge is 0.160 e. The SMILES string of the molecule is COc1ccc(CNCCCO)cc1O. The summed E-state index contributed by atoms with van der Waals surface area (Å²) in [5.41, 5.74) is 0.992. The van der Waals surface area contributed by atoms with E-state index in [9.17, 15) is 5.11 Å². The highest BCUT2D eigenvalue weighted by Gasteiger charge is 2.01. The molecule has 0 radical (unpaired) electrons. The summed E-state index contributed by atoms with van der Waals surface area (Å²) < 4.78 is 4.94. The van der Waals surface area contributed by atoms with Crippen LogP contribution in [0.15, 0.2) is 18.2 Å². The first-order valence-corrected chi connectivity index (χ1v) is 4.95. The third-order valence-electron chi connectivity index (χ3n) is 2.08. The number of phenolic OH excluding ortho intramolecular Hbond substituents is 1. The summed E-state index contributed by atoms with van der Waals surface area (Å²) in [6.07, 6.45) is 0.738. The average Bonchev–Trinajstić information content (AvgIpc) is 2.25. The molecule has 4 heteroatoms. The molecule has 0 heterocycles. The molecule has 0 atom stereocenters. The molecule has 1 aromatic rings. The number of phenols is 1. The summed E-state index contributed by atoms with van der Waals surface area (Å²) in [6.45, 7) is 1.64. The number of hydrogen-bond acceptors (Lipinski definition) is 4. The van der Waals surface area contributed by atoms with Gasteiger partial charge in [0.15, 0.2) is 11.5 Å². The fourth-order valence-electron chi connectivity index (χ4n) is 1.28. The molecule has 0 bridgehead atoms. The summed E-state index contributed by atoms with van der Waals surface area (Å²) >= 11 is 0. The normalized spacial score (nSPS) is 10.3. The molecule has 0 aromatic heterocycles. The van der Waals surface area contributed by atoms with Crippen LogP contribution in [0.3, 0.4) is 0 Å². The molecule has 0 saturated carbocycles. The number of benzene rings is 1. The van der Waals surface area contributed by atoms with E-state index in [1.54, 1.807) is 12.1 Å². The number of aliphatic hydroxyl groups excluding tert-OH is 1. The Labute approximate surface area is 89.5 Å². The first-order valence-electron chi connectivity index (χ1n) is 4.95. The van der Waals surface area contributed by atoms with Crippen molar-refractivity contribution < 1.29 is 14.9 Å². The fourth-order valence-corrected chi connectivity index (χ4v) is 1.28. The summed E-state index contributed by atoms with van der Waals surface area (Å²) in [7, 11) is 1.52. The van der Waals surface area contributed by atoms with Crippen LogP contribution in [0.4, 0.5) is 0 Å². The van der Waals surface area contributed by atoms with Crippen molar-refractivity contribution in [2.24, 2.45) is 0 Å². The van der Waals surface area contributed by atoms with E-state index >= 15 is 0 Å². The molecule has 0 unspecified atom stereocenters. The molecule has 1 rings (SSSR count). The Balaban J connectivity index is 2.45. The number of methoxy groups -OCH3 is 1. The minimum Gasteiger partial charge on any atom is -0.504 e. The second kappa shape index (κ2) is 6.27. The van der Waals surface area contributed by atoms with Gasteiger partial charge in [0.2, 0.25) is 0 Å². The van der Waals surface area contributed by atoms with Gasteiger partial charge in [-0.2, -0.15) is 0 Å². The first kappa shape index (κ1) is 11.8. The topological polar surface area (TPSA) is 61.7 Å². The van der Waals surface area contributed by atoms with Gasteiger partial charge in [-0.25, -0.2) is 0 Å². The monoisotopic (exact) mass is 211 g/mol. The molecule has 0 aliphatic carbocycles. The van der Waals surface area contributed by atoms with E-state index in [1.807, 2.05) is 6.07 Å². The van der Waals surface area contributed by atoms with Crippen molar-refractivity contribution in [3.8, 4) is 11.5 Å². The van der Waals surface area contributed by atoms with Gasteiger partial charge in [0.1, 0.15) is 0 Å². The molecule has 1 aromatic carbocycles. The van der Waals surface area contributed by atoms with Crippen LogP contribution >= 0.6 is 0 Å². The second-order valence-corrected chi connectivity index (χ2v) is 3.26. The van der Waals surface area contributed by atoms with Crippen LogP contribution < -0.4 is 10.1 Å². The quantitative estimate of drug-likeness (QED) is 0.611. The van der Waals surface area contributed by atoms with E-state index in [1.165, 1.54) is 7.11 Å². The maximum Gasteiger partial charge on any atom is 0.160 e. The van der Waals surface area contributed by atoms with Gasteiger partial charge < -0.3 is 20.3 Å². The van der Waals surface area contributed by atoms with Crippen LogP contribution in [-0.2, 0) is 6.54 Å². The number of ether oxygens (including phenoxy) is 1. The van der Waals surface area contributed by atoms with Crippen LogP contribution in [-0.4, -0.2) is 30.5 Å². The molecular weight excluding hydrogens is 194 g/mol. The highest BCUT2D eigenvalue weighted by atomic mass is 16.5. The highest BCUT2D eigenvalue weighted by molar-refractivity contribution is 5.41. The zero-order valence-electron chi connectivity index (χ0n) is 8.86. The van der Waals surface area contributed by atoms with Crippen molar-refractivity contribution in [2.45, 2.75) is 13.0 Å². The van der Waals surface area contributed by atoms with Gasteiger partial charge in [-0.05, 0) is 30.7 Å². The second-order valence-electron chi connectivity index (χ2n) is 3.26. The molecule has 0 aliphatic heterocycles. The van der Waals surface area contributed by atoms with Gasteiger partial charge in [-0.1, -0.05) is 6.07 Å². The Morgan fingerprint density at radius 3 is 2.80 bits per heavy atom. The minimum atomic E-state index is 0.152. The molecule has 84 valence electrons. The van der Waals surface area contributed by atoms with Gasteiger partial charge in [0.25, 0.3) is 0 Å². The Bertz CT molecular complexity index is 302. The molecule has 0 fully saturated rings. The standard InChI is InChI=1S/C11H17NO3/c1-15-11-4-3-9(7-10(11)14)8-12-5-2-6-13/h3-4,7,12-14H,2,5-6,8H2,1H3. The van der Waals surface area contributed by atoms with Crippen LogP contribution in [0, 0.1) is 0 Å². The fraction of sp³-hybridized carbons (Fsp3) is 0.455. The van der Waals surface area contributed by atoms with Crippen molar-refractivity contribution >= 4 is 0 Å². The van der Waals surface area contributed by atoms with Gasteiger partial charge in [-0.3, -0.25) is 0 Å². The number of hydrogen-bond donors (Lipinski definition) is 3. The zero-order valence-corrected chi connectivity index (χ0v) is 8.86. The Morgan fingerprint density at radius 1 is 1.40 bits per heavy atom. The summed E-state index contributed by atoms with van der Waals surface area (Å²) in [6, 6.07) is 5.30. The zero-order chi connectivity index (χ0) is 11.1. The van der Waals surface area contributed by atoms with Crippen LogP contribution in [0.2, 0.25) is 0 Å². The van der Waals surface area contributed by atoms with E-state index in [2.05, 4.69) is 5.32 Å². The third kappa shape index (κ3) is 3.77. The maximum atomic E-state index is 9.50. The van der Waals surface area contributed by atoms with Gasteiger partial charge in [-0.15, -0.1) is 0 Å². The van der Waals surface area contributed by atoms with Crippen molar-refractivity contribution in [3.63, 3.8) is 0 Å². The van der Waals surface area contributed by atoms with Crippen molar-refractivity contribution in [3.05, 3.63) is 23.8 Å². The molecule has 4 nitrogen and oxygen atoms in total. The predicted octanol–water partition coefficient (Wildman–Crippen LogP) is 0.873. The number of aliphatic hydroxyl groups is 1. The van der Waals surface area contributed by atoms with Crippen LogP contribution in [0.1, 0.15) is 12.0 Å². The molecule has 0 spiro atoms. The van der Waals surface area contributed by atoms with E-state index in [-0.39, 0.29) is 12.4 Å². The van der Waals surface area contributed by atoms with Crippen molar-refractivity contribution in [1.82, 2.24) is 5.32 Å². The van der Waals surface area contributed by atoms with Crippen LogP contribution in [0.25, 0.3) is 0 Å². The summed E-state index contributed by atoms with van der Waals surface area (Å²) in [5.74, 6) is 0.632. The highest BCUT2D eigenvalue weighted by Crippen LogP contribution is 2.25. The van der Waals surface area contributed by atoms with E-state index < -0.39 is 0 Å². The lowest BCUT2D eigenvalue weighted by Gasteiger charge is -2.07. The van der Waals surface area contributed by atoms with Gasteiger partial charge in [0.05, 0.1) is 7.11 Å². The third-order valence-corrected chi connectivity index (χ3v) is 2.08. The van der Waals surface area contributed by atoms with Gasteiger partial charge in [0, 0.05) is 13.2 Å². The van der Waals surface area contributed by atoms with E-state index in [0.717, 1.165) is 18.5 Å².